The molecule has 0 unspecified atom stereocenters. The van der Waals surface area contributed by atoms with Crippen molar-refractivity contribution in [2.24, 2.45) is 0 Å². The standard InChI is InChI=1S/C19H13N3O2S2/c23-22(24)15-8-6-14(7-9-15)17-12-26-19(21-17)10-18-20-16(11-25-18)13-4-2-1-3-5-13/h1-9,11-12H,10H2. The van der Waals surface area contributed by atoms with Crippen LogP contribution in [0.25, 0.3) is 22.5 Å². The average Bonchev–Trinajstić information content (AvgIpc) is 3.33. The third-order valence-electron chi connectivity index (χ3n) is 3.85. The predicted molar refractivity (Wildman–Crippen MR) is 105 cm³/mol. The molecule has 4 rings (SSSR count). The summed E-state index contributed by atoms with van der Waals surface area (Å²) in [6.07, 6.45) is 0.690. The predicted octanol–water partition coefficient (Wildman–Crippen LogP) is 5.43. The first-order valence-electron chi connectivity index (χ1n) is 7.88. The first-order valence-corrected chi connectivity index (χ1v) is 9.64. The van der Waals surface area contributed by atoms with Crippen LogP contribution in [-0.2, 0) is 6.42 Å². The summed E-state index contributed by atoms with van der Waals surface area (Å²) in [5.74, 6) is 0. The van der Waals surface area contributed by atoms with Crippen LogP contribution in [0, 0.1) is 10.1 Å². The molecule has 2 aromatic carbocycles. The van der Waals surface area contributed by atoms with Gasteiger partial charge in [-0.1, -0.05) is 30.3 Å². The van der Waals surface area contributed by atoms with Crippen molar-refractivity contribution in [2.75, 3.05) is 0 Å². The average molecular weight is 379 g/mol. The van der Waals surface area contributed by atoms with Crippen LogP contribution in [0.2, 0.25) is 0 Å². The highest BCUT2D eigenvalue weighted by Gasteiger charge is 2.11. The summed E-state index contributed by atoms with van der Waals surface area (Å²) in [4.78, 5) is 19.7. The number of hydrogen-bond donors (Lipinski definition) is 0. The van der Waals surface area contributed by atoms with E-state index in [-0.39, 0.29) is 5.69 Å². The second-order valence-electron chi connectivity index (χ2n) is 5.60. The molecule has 0 amide bonds. The molecule has 128 valence electrons. The number of nitrogens with zero attached hydrogens (tertiary/aromatic N) is 3. The largest absolute Gasteiger partial charge is 0.269 e. The van der Waals surface area contributed by atoms with E-state index in [1.54, 1.807) is 34.8 Å². The fourth-order valence-electron chi connectivity index (χ4n) is 2.54. The highest BCUT2D eigenvalue weighted by atomic mass is 32.1. The first-order chi connectivity index (χ1) is 12.7. The quantitative estimate of drug-likeness (QED) is 0.342. The number of non-ortho nitro benzene ring substituents is 1. The summed E-state index contributed by atoms with van der Waals surface area (Å²) in [7, 11) is 0. The molecule has 0 saturated carbocycles. The summed E-state index contributed by atoms with van der Waals surface area (Å²) in [5.41, 5.74) is 3.89. The maximum absolute atomic E-state index is 10.7. The van der Waals surface area contributed by atoms with Gasteiger partial charge in [0.25, 0.3) is 5.69 Å². The van der Waals surface area contributed by atoms with Crippen molar-refractivity contribution in [3.8, 4) is 22.5 Å². The van der Waals surface area contributed by atoms with Crippen molar-refractivity contribution in [2.45, 2.75) is 6.42 Å². The van der Waals surface area contributed by atoms with Crippen LogP contribution in [-0.4, -0.2) is 14.9 Å². The van der Waals surface area contributed by atoms with Gasteiger partial charge in [0.15, 0.2) is 0 Å². The minimum absolute atomic E-state index is 0.0837. The topological polar surface area (TPSA) is 68.9 Å². The van der Waals surface area contributed by atoms with Crippen molar-refractivity contribution in [3.05, 3.63) is 85.5 Å². The van der Waals surface area contributed by atoms with E-state index in [0.29, 0.717) is 6.42 Å². The van der Waals surface area contributed by atoms with E-state index >= 15 is 0 Å². The van der Waals surface area contributed by atoms with Crippen molar-refractivity contribution in [1.29, 1.82) is 0 Å². The maximum atomic E-state index is 10.7. The fraction of sp³-hybridized carbons (Fsp3) is 0.0526. The summed E-state index contributed by atoms with van der Waals surface area (Å²) >= 11 is 3.21. The molecule has 0 aliphatic heterocycles. The summed E-state index contributed by atoms with van der Waals surface area (Å²) in [6.45, 7) is 0. The van der Waals surface area contributed by atoms with Gasteiger partial charge < -0.3 is 0 Å². The summed E-state index contributed by atoms with van der Waals surface area (Å²) in [6, 6.07) is 16.6. The van der Waals surface area contributed by atoms with Gasteiger partial charge in [-0.25, -0.2) is 9.97 Å². The number of thiazole rings is 2. The molecule has 0 radical (unpaired) electrons. The molecule has 26 heavy (non-hydrogen) atoms. The van der Waals surface area contributed by atoms with E-state index in [4.69, 9.17) is 4.98 Å². The molecular weight excluding hydrogens is 366 g/mol. The molecule has 7 heteroatoms. The Balaban J connectivity index is 1.50. The van der Waals surface area contributed by atoms with Gasteiger partial charge in [-0.15, -0.1) is 22.7 Å². The molecule has 0 fully saturated rings. The van der Waals surface area contributed by atoms with Crippen LogP contribution in [0.5, 0.6) is 0 Å². The molecule has 5 nitrogen and oxygen atoms in total. The smallest absolute Gasteiger partial charge is 0.258 e. The number of benzene rings is 2. The first kappa shape index (κ1) is 16.6. The zero-order valence-corrected chi connectivity index (χ0v) is 15.2. The lowest BCUT2D eigenvalue weighted by Gasteiger charge is -1.96. The number of hydrogen-bond acceptors (Lipinski definition) is 6. The van der Waals surface area contributed by atoms with Crippen LogP contribution in [0.4, 0.5) is 5.69 Å². The van der Waals surface area contributed by atoms with Gasteiger partial charge in [-0.05, 0) is 12.1 Å². The van der Waals surface area contributed by atoms with Crippen LogP contribution in [0.3, 0.4) is 0 Å². The third-order valence-corrected chi connectivity index (χ3v) is 5.55. The molecule has 0 saturated heterocycles. The lowest BCUT2D eigenvalue weighted by atomic mass is 10.1. The Kier molecular flexibility index (Phi) is 4.55. The molecule has 4 aromatic rings. The molecular formula is C19H13N3O2S2. The Hall–Kier alpha value is -2.90. The van der Waals surface area contributed by atoms with Crippen molar-refractivity contribution >= 4 is 28.4 Å². The Bertz CT molecular complexity index is 1040. The van der Waals surface area contributed by atoms with Crippen LogP contribution in [0.15, 0.2) is 65.4 Å². The lowest BCUT2D eigenvalue weighted by molar-refractivity contribution is -0.384. The lowest BCUT2D eigenvalue weighted by Crippen LogP contribution is -1.89. The number of rotatable bonds is 5. The second kappa shape index (κ2) is 7.15. The minimum Gasteiger partial charge on any atom is -0.258 e. The van der Waals surface area contributed by atoms with Crippen LogP contribution < -0.4 is 0 Å². The number of nitro groups is 1. The normalized spacial score (nSPS) is 10.8. The number of aromatic nitrogens is 2. The Morgan fingerprint density at radius 2 is 1.35 bits per heavy atom. The van der Waals surface area contributed by atoms with Gasteiger partial charge in [-0.3, -0.25) is 10.1 Å². The zero-order valence-electron chi connectivity index (χ0n) is 13.5. The fourth-order valence-corrected chi connectivity index (χ4v) is 4.25. The Morgan fingerprint density at radius 3 is 1.88 bits per heavy atom. The van der Waals surface area contributed by atoms with Crippen LogP contribution in [0.1, 0.15) is 10.0 Å². The molecule has 0 aliphatic rings. The van der Waals surface area contributed by atoms with Gasteiger partial charge in [0, 0.05) is 34.0 Å². The van der Waals surface area contributed by atoms with E-state index in [9.17, 15) is 10.1 Å². The zero-order chi connectivity index (χ0) is 17.9. The SMILES string of the molecule is O=[N+]([O-])c1ccc(-c2csc(Cc3nc(-c4ccccc4)cs3)n2)cc1. The Labute approximate surface area is 157 Å². The molecule has 0 N–H and O–H groups in total. The monoisotopic (exact) mass is 379 g/mol. The minimum atomic E-state index is -0.400. The van der Waals surface area contributed by atoms with E-state index < -0.39 is 4.92 Å². The second-order valence-corrected chi connectivity index (χ2v) is 7.49. The van der Waals surface area contributed by atoms with Crippen molar-refractivity contribution < 1.29 is 4.92 Å². The van der Waals surface area contributed by atoms with Gasteiger partial charge in [0.05, 0.1) is 22.7 Å². The van der Waals surface area contributed by atoms with E-state index in [1.165, 1.54) is 12.1 Å². The summed E-state index contributed by atoms with van der Waals surface area (Å²) < 4.78 is 0. The van der Waals surface area contributed by atoms with Gasteiger partial charge in [-0.2, -0.15) is 0 Å². The van der Waals surface area contributed by atoms with Gasteiger partial charge in [0.2, 0.25) is 0 Å². The van der Waals surface area contributed by atoms with Gasteiger partial charge in [0.1, 0.15) is 10.0 Å². The van der Waals surface area contributed by atoms with Crippen molar-refractivity contribution in [3.63, 3.8) is 0 Å². The molecule has 0 bridgehead atoms. The Morgan fingerprint density at radius 1 is 0.808 bits per heavy atom. The third kappa shape index (κ3) is 3.54. The number of nitro benzene ring substituents is 1. The van der Waals surface area contributed by atoms with E-state index in [0.717, 1.165) is 32.5 Å². The van der Waals surface area contributed by atoms with E-state index in [2.05, 4.69) is 22.5 Å². The van der Waals surface area contributed by atoms with Crippen LogP contribution >= 0.6 is 22.7 Å². The molecule has 0 atom stereocenters. The molecule has 2 heterocycles. The maximum Gasteiger partial charge on any atom is 0.269 e. The molecule has 0 aliphatic carbocycles. The summed E-state index contributed by atoms with van der Waals surface area (Å²) in [5, 5.41) is 16.8. The van der Waals surface area contributed by atoms with E-state index in [1.807, 2.05) is 23.6 Å². The highest BCUT2D eigenvalue weighted by molar-refractivity contribution is 7.11. The highest BCUT2D eigenvalue weighted by Crippen LogP contribution is 2.27. The molecule has 0 spiro atoms. The van der Waals surface area contributed by atoms with Crippen molar-refractivity contribution in [1.82, 2.24) is 9.97 Å². The van der Waals surface area contributed by atoms with Gasteiger partial charge >= 0.3 is 0 Å². The molecule has 2 aromatic heterocycles.